The van der Waals surface area contributed by atoms with Gasteiger partial charge in [0, 0.05) is 24.8 Å². The fourth-order valence-corrected chi connectivity index (χ4v) is 3.02. The first kappa shape index (κ1) is 14.1. The second kappa shape index (κ2) is 6.72. The number of quaternary nitrogens is 1. The van der Waals surface area contributed by atoms with Gasteiger partial charge in [-0.1, -0.05) is 36.4 Å². The standard InChI is InChI=1S/C18H20FNO/c19-16-7-4-8-17(13-16)21-18(14-5-2-1-3-6-14)15-9-11-20-12-10-15/h1-8,13,15,18,20H,9-12H2/p+1. The van der Waals surface area contributed by atoms with Crippen molar-refractivity contribution in [2.45, 2.75) is 18.9 Å². The van der Waals surface area contributed by atoms with Crippen molar-refractivity contribution < 1.29 is 14.4 Å². The van der Waals surface area contributed by atoms with Crippen LogP contribution in [0.2, 0.25) is 0 Å². The van der Waals surface area contributed by atoms with Crippen molar-refractivity contribution in [3.8, 4) is 5.75 Å². The van der Waals surface area contributed by atoms with Gasteiger partial charge in [-0.25, -0.2) is 4.39 Å². The van der Waals surface area contributed by atoms with E-state index in [-0.39, 0.29) is 11.9 Å². The predicted molar refractivity (Wildman–Crippen MR) is 80.6 cm³/mol. The van der Waals surface area contributed by atoms with Gasteiger partial charge in [0.25, 0.3) is 0 Å². The molecule has 1 atom stereocenters. The van der Waals surface area contributed by atoms with E-state index in [1.165, 1.54) is 17.7 Å². The maximum absolute atomic E-state index is 13.4. The summed E-state index contributed by atoms with van der Waals surface area (Å²) in [4.78, 5) is 0. The van der Waals surface area contributed by atoms with Crippen molar-refractivity contribution in [3.05, 3.63) is 66.0 Å². The summed E-state index contributed by atoms with van der Waals surface area (Å²) in [5.41, 5.74) is 1.17. The van der Waals surface area contributed by atoms with Gasteiger partial charge in [0.15, 0.2) is 0 Å². The van der Waals surface area contributed by atoms with Crippen LogP contribution in [0.1, 0.15) is 24.5 Å². The number of benzene rings is 2. The molecular weight excluding hydrogens is 265 g/mol. The number of halogens is 1. The lowest BCUT2D eigenvalue weighted by Crippen LogP contribution is -2.86. The summed E-state index contributed by atoms with van der Waals surface area (Å²) in [6, 6.07) is 16.7. The number of hydrogen-bond donors (Lipinski definition) is 1. The van der Waals surface area contributed by atoms with Gasteiger partial charge in [-0.2, -0.15) is 0 Å². The third-order valence-electron chi connectivity index (χ3n) is 4.10. The van der Waals surface area contributed by atoms with Gasteiger partial charge < -0.3 is 10.1 Å². The molecular formula is C18H21FNO+. The zero-order valence-electron chi connectivity index (χ0n) is 12.0. The molecule has 1 unspecified atom stereocenters. The van der Waals surface area contributed by atoms with E-state index in [1.807, 2.05) is 24.3 Å². The molecule has 1 fully saturated rings. The Bertz CT molecular complexity index is 566. The minimum atomic E-state index is -0.253. The van der Waals surface area contributed by atoms with Gasteiger partial charge in [-0.15, -0.1) is 0 Å². The summed E-state index contributed by atoms with van der Waals surface area (Å²) in [6.07, 6.45) is 2.27. The molecule has 2 N–H and O–H groups in total. The van der Waals surface area contributed by atoms with Crippen molar-refractivity contribution >= 4 is 0 Å². The van der Waals surface area contributed by atoms with E-state index in [4.69, 9.17) is 4.74 Å². The lowest BCUT2D eigenvalue weighted by Gasteiger charge is -2.30. The third-order valence-corrected chi connectivity index (χ3v) is 4.10. The van der Waals surface area contributed by atoms with E-state index >= 15 is 0 Å². The summed E-state index contributed by atoms with van der Waals surface area (Å²) in [5.74, 6) is 0.843. The fraction of sp³-hybridized carbons (Fsp3) is 0.333. The molecule has 0 spiro atoms. The Hall–Kier alpha value is -1.87. The van der Waals surface area contributed by atoms with Gasteiger partial charge in [0.2, 0.25) is 0 Å². The average molecular weight is 286 g/mol. The normalized spacial score (nSPS) is 17.4. The van der Waals surface area contributed by atoms with E-state index in [0.29, 0.717) is 11.7 Å². The van der Waals surface area contributed by atoms with Crippen LogP contribution < -0.4 is 10.1 Å². The number of hydrogen-bond acceptors (Lipinski definition) is 1. The van der Waals surface area contributed by atoms with Crippen LogP contribution in [0, 0.1) is 11.7 Å². The van der Waals surface area contributed by atoms with Gasteiger partial charge in [-0.05, 0) is 17.7 Å². The Morgan fingerprint density at radius 1 is 1.00 bits per heavy atom. The zero-order valence-corrected chi connectivity index (χ0v) is 12.0. The quantitative estimate of drug-likeness (QED) is 0.919. The second-order valence-electron chi connectivity index (χ2n) is 5.61. The molecule has 1 aliphatic rings. The molecule has 0 radical (unpaired) electrons. The highest BCUT2D eigenvalue weighted by Crippen LogP contribution is 2.32. The summed E-state index contributed by atoms with van der Waals surface area (Å²) in [5, 5.41) is 2.35. The van der Waals surface area contributed by atoms with E-state index in [2.05, 4.69) is 17.4 Å². The van der Waals surface area contributed by atoms with Crippen molar-refractivity contribution in [1.29, 1.82) is 0 Å². The molecule has 0 amide bonds. The van der Waals surface area contributed by atoms with Crippen LogP contribution in [0.25, 0.3) is 0 Å². The number of nitrogens with two attached hydrogens (primary N) is 1. The predicted octanol–water partition coefficient (Wildman–Crippen LogP) is 2.92. The molecule has 0 bridgehead atoms. The molecule has 0 aliphatic carbocycles. The highest BCUT2D eigenvalue weighted by molar-refractivity contribution is 5.25. The van der Waals surface area contributed by atoms with Crippen molar-refractivity contribution in [1.82, 2.24) is 0 Å². The Kier molecular flexibility index (Phi) is 4.51. The summed E-state index contributed by atoms with van der Waals surface area (Å²) >= 11 is 0. The SMILES string of the molecule is Fc1cccc(OC(c2ccccc2)C2CC[NH2+]CC2)c1. The molecule has 2 nitrogen and oxygen atoms in total. The van der Waals surface area contributed by atoms with Crippen LogP contribution in [0.5, 0.6) is 5.75 Å². The lowest BCUT2D eigenvalue weighted by atomic mass is 9.88. The van der Waals surface area contributed by atoms with Crippen LogP contribution in [0.15, 0.2) is 54.6 Å². The number of rotatable bonds is 4. The molecule has 1 heterocycles. The largest absolute Gasteiger partial charge is 0.485 e. The first-order valence-corrected chi connectivity index (χ1v) is 7.62. The molecule has 1 saturated heterocycles. The molecule has 0 saturated carbocycles. The molecule has 21 heavy (non-hydrogen) atoms. The first-order valence-electron chi connectivity index (χ1n) is 7.62. The third kappa shape index (κ3) is 3.61. The monoisotopic (exact) mass is 286 g/mol. The molecule has 3 rings (SSSR count). The molecule has 0 aromatic heterocycles. The van der Waals surface area contributed by atoms with Crippen molar-refractivity contribution in [2.24, 2.45) is 5.92 Å². The van der Waals surface area contributed by atoms with Gasteiger partial charge in [0.1, 0.15) is 17.7 Å². The molecule has 3 heteroatoms. The minimum absolute atomic E-state index is 0.00157. The highest BCUT2D eigenvalue weighted by Gasteiger charge is 2.28. The summed E-state index contributed by atoms with van der Waals surface area (Å²) in [7, 11) is 0. The maximum Gasteiger partial charge on any atom is 0.127 e. The van der Waals surface area contributed by atoms with Crippen LogP contribution >= 0.6 is 0 Å². The lowest BCUT2D eigenvalue weighted by molar-refractivity contribution is -0.665. The molecule has 2 aromatic rings. The number of ether oxygens (including phenoxy) is 1. The molecule has 110 valence electrons. The van der Waals surface area contributed by atoms with Gasteiger partial charge >= 0.3 is 0 Å². The fourth-order valence-electron chi connectivity index (χ4n) is 3.02. The molecule has 2 aromatic carbocycles. The van der Waals surface area contributed by atoms with Crippen LogP contribution in [-0.2, 0) is 0 Å². The first-order chi connectivity index (χ1) is 10.3. The Balaban J connectivity index is 1.85. The van der Waals surface area contributed by atoms with Crippen molar-refractivity contribution in [2.75, 3.05) is 13.1 Å². The second-order valence-corrected chi connectivity index (χ2v) is 5.61. The Morgan fingerprint density at radius 3 is 2.48 bits per heavy atom. The maximum atomic E-state index is 13.4. The van der Waals surface area contributed by atoms with E-state index < -0.39 is 0 Å². The minimum Gasteiger partial charge on any atom is -0.485 e. The summed E-state index contributed by atoms with van der Waals surface area (Å²) < 4.78 is 19.5. The smallest absolute Gasteiger partial charge is 0.127 e. The van der Waals surface area contributed by atoms with Crippen LogP contribution in [0.3, 0.4) is 0 Å². The average Bonchev–Trinajstić information content (AvgIpc) is 2.54. The van der Waals surface area contributed by atoms with Crippen molar-refractivity contribution in [3.63, 3.8) is 0 Å². The van der Waals surface area contributed by atoms with E-state index in [0.717, 1.165) is 25.9 Å². The van der Waals surface area contributed by atoms with E-state index in [9.17, 15) is 4.39 Å². The summed E-state index contributed by atoms with van der Waals surface area (Å²) in [6.45, 7) is 2.28. The number of piperidine rings is 1. The van der Waals surface area contributed by atoms with Crippen LogP contribution in [0.4, 0.5) is 4.39 Å². The topological polar surface area (TPSA) is 25.8 Å². The Morgan fingerprint density at radius 2 is 1.76 bits per heavy atom. The van der Waals surface area contributed by atoms with Gasteiger partial charge in [0.05, 0.1) is 13.1 Å². The van der Waals surface area contributed by atoms with Gasteiger partial charge in [-0.3, -0.25) is 0 Å². The Labute approximate surface area is 125 Å². The molecule has 1 aliphatic heterocycles. The highest BCUT2D eigenvalue weighted by atomic mass is 19.1. The van der Waals surface area contributed by atoms with E-state index in [1.54, 1.807) is 6.07 Å². The van der Waals surface area contributed by atoms with Crippen LogP contribution in [-0.4, -0.2) is 13.1 Å². The zero-order chi connectivity index (χ0) is 14.5.